The fraction of sp³-hybridized carbons (Fsp3) is 0.0667. The number of benzene rings is 2. The van der Waals surface area contributed by atoms with E-state index >= 15 is 0 Å². The van der Waals surface area contributed by atoms with Crippen LogP contribution in [0.4, 0.5) is 5.69 Å². The summed E-state index contributed by atoms with van der Waals surface area (Å²) in [6.45, 7) is 0. The first kappa shape index (κ1) is 11.7. The lowest BCUT2D eigenvalue weighted by Crippen LogP contribution is -2.05. The molecule has 0 radical (unpaired) electrons. The normalized spacial score (nSPS) is 17.7. The van der Waals surface area contributed by atoms with Crippen LogP contribution in [0.15, 0.2) is 59.5 Å². The van der Waals surface area contributed by atoms with Crippen LogP contribution in [-0.2, 0) is 0 Å². The molecule has 1 aliphatic rings. The predicted octanol–water partition coefficient (Wildman–Crippen LogP) is 4.90. The van der Waals surface area contributed by atoms with Gasteiger partial charge in [-0.3, -0.25) is 0 Å². The zero-order valence-electron chi connectivity index (χ0n) is 9.64. The third-order valence-corrected chi connectivity index (χ3v) is 4.16. The van der Waals surface area contributed by atoms with Crippen molar-refractivity contribution in [1.82, 2.24) is 0 Å². The molecule has 0 amide bonds. The summed E-state index contributed by atoms with van der Waals surface area (Å²) in [5.41, 5.74) is 2.38. The molecule has 3 rings (SSSR count). The Morgan fingerprint density at radius 2 is 1.83 bits per heavy atom. The number of nitrogens with one attached hydrogen (secondary N) is 1. The van der Waals surface area contributed by atoms with Gasteiger partial charge in [0.1, 0.15) is 0 Å². The summed E-state index contributed by atoms with van der Waals surface area (Å²) in [4.78, 5) is 1.31. The first-order valence-electron chi connectivity index (χ1n) is 5.77. The minimum atomic E-state index is 0.304. The van der Waals surface area contributed by atoms with E-state index < -0.39 is 0 Å². The van der Waals surface area contributed by atoms with E-state index in [1.54, 1.807) is 0 Å². The minimum absolute atomic E-state index is 0.304. The molecule has 1 unspecified atom stereocenters. The number of para-hydroxylation sites is 1. The molecule has 1 N–H and O–H groups in total. The van der Waals surface area contributed by atoms with E-state index in [0.717, 1.165) is 10.6 Å². The standard InChI is InChI=1S/C15H12ClNS/c16-12-8-5-11(6-9-12)7-10-15-17-13-3-1-2-4-14(13)18-15/h1-10,15,17H/b10-7+. The Balaban J connectivity index is 1.71. The van der Waals surface area contributed by atoms with E-state index in [4.69, 9.17) is 11.6 Å². The number of thioether (sulfide) groups is 1. The molecule has 0 fully saturated rings. The number of anilines is 1. The van der Waals surface area contributed by atoms with Crippen LogP contribution >= 0.6 is 23.4 Å². The second-order valence-electron chi connectivity index (χ2n) is 4.09. The van der Waals surface area contributed by atoms with Crippen molar-refractivity contribution in [2.75, 3.05) is 5.32 Å². The Kier molecular flexibility index (Phi) is 3.31. The monoisotopic (exact) mass is 273 g/mol. The van der Waals surface area contributed by atoms with Gasteiger partial charge in [-0.05, 0) is 29.8 Å². The quantitative estimate of drug-likeness (QED) is 0.835. The maximum absolute atomic E-state index is 5.86. The highest BCUT2D eigenvalue weighted by molar-refractivity contribution is 8.00. The molecule has 1 heterocycles. The van der Waals surface area contributed by atoms with Crippen LogP contribution in [0, 0.1) is 0 Å². The molecule has 1 nitrogen and oxygen atoms in total. The maximum atomic E-state index is 5.86. The van der Waals surface area contributed by atoms with Crippen LogP contribution < -0.4 is 5.32 Å². The number of rotatable bonds is 2. The largest absolute Gasteiger partial charge is 0.369 e. The Hall–Kier alpha value is -1.38. The Morgan fingerprint density at radius 1 is 1.06 bits per heavy atom. The summed E-state index contributed by atoms with van der Waals surface area (Å²) in [6.07, 6.45) is 4.29. The lowest BCUT2D eigenvalue weighted by molar-refractivity contribution is 1.28. The fourth-order valence-corrected chi connectivity index (χ4v) is 3.02. The number of halogens is 1. The second kappa shape index (κ2) is 5.09. The van der Waals surface area contributed by atoms with Crippen molar-refractivity contribution >= 4 is 35.1 Å². The topological polar surface area (TPSA) is 12.0 Å². The van der Waals surface area contributed by atoms with Crippen molar-refractivity contribution in [2.45, 2.75) is 10.3 Å². The molecule has 0 saturated carbocycles. The molecule has 0 bridgehead atoms. The molecule has 0 aliphatic carbocycles. The first-order chi connectivity index (χ1) is 8.81. The van der Waals surface area contributed by atoms with Gasteiger partial charge in [0.2, 0.25) is 0 Å². The van der Waals surface area contributed by atoms with Crippen LogP contribution in [-0.4, -0.2) is 5.37 Å². The average Bonchev–Trinajstić information content (AvgIpc) is 2.81. The fourth-order valence-electron chi connectivity index (χ4n) is 1.87. The van der Waals surface area contributed by atoms with E-state index in [1.807, 2.05) is 36.0 Å². The molecule has 0 aromatic heterocycles. The first-order valence-corrected chi connectivity index (χ1v) is 7.03. The third kappa shape index (κ3) is 2.55. The van der Waals surface area contributed by atoms with Gasteiger partial charge < -0.3 is 5.32 Å². The molecular formula is C15H12ClNS. The smallest absolute Gasteiger partial charge is 0.0960 e. The van der Waals surface area contributed by atoms with Crippen LogP contribution in [0.5, 0.6) is 0 Å². The third-order valence-electron chi connectivity index (χ3n) is 2.77. The Morgan fingerprint density at radius 3 is 2.61 bits per heavy atom. The van der Waals surface area contributed by atoms with Gasteiger partial charge in [-0.25, -0.2) is 0 Å². The summed E-state index contributed by atoms with van der Waals surface area (Å²) in [5.74, 6) is 0. The van der Waals surface area contributed by atoms with Gasteiger partial charge in [0.15, 0.2) is 0 Å². The maximum Gasteiger partial charge on any atom is 0.0960 e. The van der Waals surface area contributed by atoms with E-state index in [-0.39, 0.29) is 0 Å². The molecule has 0 saturated heterocycles. The summed E-state index contributed by atoms with van der Waals surface area (Å²) < 4.78 is 0. The van der Waals surface area contributed by atoms with Crippen LogP contribution in [0.3, 0.4) is 0 Å². The minimum Gasteiger partial charge on any atom is -0.369 e. The van der Waals surface area contributed by atoms with Gasteiger partial charge in [-0.1, -0.05) is 59.8 Å². The van der Waals surface area contributed by atoms with Gasteiger partial charge >= 0.3 is 0 Å². The lowest BCUT2D eigenvalue weighted by atomic mass is 10.2. The van der Waals surface area contributed by atoms with Crippen LogP contribution in [0.1, 0.15) is 5.56 Å². The zero-order chi connectivity index (χ0) is 12.4. The van der Waals surface area contributed by atoms with Gasteiger partial charge in [0, 0.05) is 15.6 Å². The molecule has 1 atom stereocenters. The van der Waals surface area contributed by atoms with Crippen molar-refractivity contribution < 1.29 is 0 Å². The summed E-state index contributed by atoms with van der Waals surface area (Å²) >= 11 is 7.69. The molecule has 0 spiro atoms. The molecule has 2 aromatic rings. The van der Waals surface area contributed by atoms with Crippen molar-refractivity contribution in [2.24, 2.45) is 0 Å². The van der Waals surface area contributed by atoms with Gasteiger partial charge in [-0.2, -0.15) is 0 Å². The lowest BCUT2D eigenvalue weighted by Gasteiger charge is -2.03. The van der Waals surface area contributed by atoms with Crippen molar-refractivity contribution in [1.29, 1.82) is 0 Å². The number of hydrogen-bond acceptors (Lipinski definition) is 2. The summed E-state index contributed by atoms with van der Waals surface area (Å²) in [7, 11) is 0. The van der Waals surface area contributed by atoms with E-state index in [0.29, 0.717) is 5.37 Å². The van der Waals surface area contributed by atoms with E-state index in [2.05, 4.69) is 41.7 Å². The van der Waals surface area contributed by atoms with Gasteiger partial charge in [-0.15, -0.1) is 0 Å². The van der Waals surface area contributed by atoms with Crippen molar-refractivity contribution in [3.8, 4) is 0 Å². The number of hydrogen-bond donors (Lipinski definition) is 1. The molecule has 90 valence electrons. The molecular weight excluding hydrogens is 262 g/mol. The Labute approximate surface area is 116 Å². The highest BCUT2D eigenvalue weighted by atomic mass is 35.5. The molecule has 3 heteroatoms. The highest BCUT2D eigenvalue weighted by Crippen LogP contribution is 2.38. The Bertz CT molecular complexity index is 552. The van der Waals surface area contributed by atoms with Crippen molar-refractivity contribution in [3.63, 3.8) is 0 Å². The van der Waals surface area contributed by atoms with Gasteiger partial charge in [0.05, 0.1) is 5.37 Å². The van der Waals surface area contributed by atoms with E-state index in [1.165, 1.54) is 10.6 Å². The molecule has 2 aromatic carbocycles. The average molecular weight is 274 g/mol. The van der Waals surface area contributed by atoms with Crippen LogP contribution in [0.25, 0.3) is 6.08 Å². The summed E-state index contributed by atoms with van der Waals surface area (Å²) in [6, 6.07) is 16.2. The van der Waals surface area contributed by atoms with Gasteiger partial charge in [0.25, 0.3) is 0 Å². The van der Waals surface area contributed by atoms with Crippen molar-refractivity contribution in [3.05, 3.63) is 65.2 Å². The molecule has 18 heavy (non-hydrogen) atoms. The predicted molar refractivity (Wildman–Crippen MR) is 80.2 cm³/mol. The second-order valence-corrected chi connectivity index (χ2v) is 5.71. The summed E-state index contributed by atoms with van der Waals surface area (Å²) in [5, 5.41) is 4.54. The van der Waals surface area contributed by atoms with E-state index in [9.17, 15) is 0 Å². The van der Waals surface area contributed by atoms with Crippen LogP contribution in [0.2, 0.25) is 5.02 Å². The zero-order valence-corrected chi connectivity index (χ0v) is 11.2. The highest BCUT2D eigenvalue weighted by Gasteiger charge is 2.17. The molecule has 1 aliphatic heterocycles. The SMILES string of the molecule is Clc1ccc(/C=C/C2Nc3ccccc3S2)cc1. The number of fused-ring (bicyclic) bond motifs is 1.